The Morgan fingerprint density at radius 3 is 2.11 bits per heavy atom. The molecule has 2 aromatic carbocycles. The molecule has 9 nitrogen and oxygen atoms in total. The van der Waals surface area contributed by atoms with Crippen molar-refractivity contribution >= 4 is 23.7 Å². The van der Waals surface area contributed by atoms with Crippen LogP contribution < -0.4 is 5.32 Å². The fourth-order valence-electron chi connectivity index (χ4n) is 4.99. The van der Waals surface area contributed by atoms with Crippen molar-refractivity contribution in [3.05, 3.63) is 83.2 Å². The molecule has 0 radical (unpaired) electrons. The third kappa shape index (κ3) is 12.8. The molecular weight excluding hydrogens is 570 g/mol. The van der Waals surface area contributed by atoms with E-state index in [1.54, 1.807) is 23.8 Å². The second-order valence-corrected chi connectivity index (χ2v) is 11.6. The maximum Gasteiger partial charge on any atom is 0.328 e. The Hall–Kier alpha value is -4.14. The number of nitrogens with zero attached hydrogens (tertiary/aromatic N) is 2. The van der Waals surface area contributed by atoms with E-state index in [9.17, 15) is 19.2 Å². The smallest absolute Gasteiger partial charge is 0.328 e. The summed E-state index contributed by atoms with van der Waals surface area (Å²) in [7, 11) is 1.77. The molecule has 2 aliphatic heterocycles. The van der Waals surface area contributed by atoms with Crippen LogP contribution in [0.25, 0.3) is 0 Å². The molecule has 1 N–H and O–H groups in total. The van der Waals surface area contributed by atoms with Gasteiger partial charge in [-0.3, -0.25) is 19.3 Å². The average Bonchev–Trinajstić information content (AvgIpc) is 3.54. The van der Waals surface area contributed by atoms with Gasteiger partial charge >= 0.3 is 5.97 Å². The first kappa shape index (κ1) is 35.3. The van der Waals surface area contributed by atoms with Crippen LogP contribution in [-0.2, 0) is 41.7 Å². The minimum Gasteiger partial charge on any atom is -0.475 e. The zero-order chi connectivity index (χ0) is 32.4. The van der Waals surface area contributed by atoms with Crippen LogP contribution >= 0.6 is 0 Å². The van der Waals surface area contributed by atoms with Gasteiger partial charge in [-0.2, -0.15) is 0 Å². The first-order valence-corrected chi connectivity index (χ1v) is 16.2. The normalized spacial score (nSPS) is 13.7. The van der Waals surface area contributed by atoms with Gasteiger partial charge in [0.25, 0.3) is 5.91 Å². The van der Waals surface area contributed by atoms with Crippen LogP contribution in [0.2, 0.25) is 0 Å². The summed E-state index contributed by atoms with van der Waals surface area (Å²) in [5.41, 5.74) is 2.81. The van der Waals surface area contributed by atoms with Crippen molar-refractivity contribution in [3.8, 4) is 0 Å². The highest BCUT2D eigenvalue weighted by Gasteiger charge is 2.46. The summed E-state index contributed by atoms with van der Waals surface area (Å²) in [5, 5.41) is 2.83. The standard InChI is InChI=1S/C31H44N2O4.C5H5NO2/c1-3-4-5-6-7-8-15-20-29(34)32-28(31(36)37-25-27-18-13-10-14-19-27)21-22-30(35)33(2)24-23-26-16-11-9-12-17-26;1-3-4-5(7)6(4)2-8-3/h9-14,16-19,28H,3-8,15,20-25H2,1-2H3,(H,32,34);2H2,1H3. The molecule has 0 aromatic heterocycles. The molecule has 244 valence electrons. The number of esters is 1. The number of hydrogen-bond donors (Lipinski definition) is 1. The number of ether oxygens (including phenoxy) is 2. The number of likely N-dealkylation sites (N-methyl/N-ethyl adjacent to an activating group) is 1. The molecular formula is C36H49N3O6. The molecule has 1 fully saturated rings. The molecule has 3 amide bonds. The fraction of sp³-hybridized carbons (Fsp3) is 0.500. The van der Waals surface area contributed by atoms with Crippen LogP contribution in [-0.4, -0.2) is 59.9 Å². The van der Waals surface area contributed by atoms with E-state index in [1.165, 1.54) is 31.2 Å². The molecule has 0 saturated carbocycles. The van der Waals surface area contributed by atoms with Crippen molar-refractivity contribution in [3.63, 3.8) is 0 Å². The number of carbonyl (C=O) groups excluding carboxylic acids is 4. The van der Waals surface area contributed by atoms with Crippen molar-refractivity contribution in [2.75, 3.05) is 20.3 Å². The number of carbonyl (C=O) groups is 4. The van der Waals surface area contributed by atoms with E-state index in [4.69, 9.17) is 9.47 Å². The van der Waals surface area contributed by atoms with Gasteiger partial charge in [-0.25, -0.2) is 4.79 Å². The lowest BCUT2D eigenvalue weighted by Gasteiger charge is -2.21. The van der Waals surface area contributed by atoms with Crippen LogP contribution in [0.3, 0.4) is 0 Å². The van der Waals surface area contributed by atoms with Gasteiger partial charge in [-0.1, -0.05) is 106 Å². The molecule has 4 rings (SSSR count). The molecule has 2 aliphatic rings. The number of unbranched alkanes of at least 4 members (excludes halogenated alkanes) is 6. The number of nitrogens with one attached hydrogen (secondary N) is 1. The lowest BCUT2D eigenvalue weighted by atomic mass is 10.1. The Morgan fingerprint density at radius 2 is 1.53 bits per heavy atom. The Morgan fingerprint density at radius 1 is 0.911 bits per heavy atom. The van der Waals surface area contributed by atoms with Crippen molar-refractivity contribution in [2.45, 2.75) is 97.1 Å². The van der Waals surface area contributed by atoms with Gasteiger partial charge in [0.1, 0.15) is 18.4 Å². The zero-order valence-electron chi connectivity index (χ0n) is 27.1. The molecule has 0 aliphatic carbocycles. The van der Waals surface area contributed by atoms with E-state index in [1.807, 2.05) is 60.7 Å². The Labute approximate surface area is 267 Å². The van der Waals surface area contributed by atoms with Crippen LogP contribution in [0.5, 0.6) is 0 Å². The Bertz CT molecular complexity index is 1260. The number of fused-ring (bicyclic) bond motifs is 1. The number of hydrogen-bond acceptors (Lipinski definition) is 6. The largest absolute Gasteiger partial charge is 0.475 e. The predicted octanol–water partition coefficient (Wildman–Crippen LogP) is 5.88. The number of allylic oxidation sites excluding steroid dienone is 1. The van der Waals surface area contributed by atoms with Crippen LogP contribution in [0.15, 0.2) is 72.1 Å². The highest BCUT2D eigenvalue weighted by atomic mass is 16.5. The van der Waals surface area contributed by atoms with Crippen molar-refractivity contribution < 1.29 is 28.7 Å². The molecule has 1 saturated heterocycles. The number of benzene rings is 2. The van der Waals surface area contributed by atoms with Gasteiger partial charge in [0.2, 0.25) is 11.8 Å². The van der Waals surface area contributed by atoms with Gasteiger partial charge in [0.15, 0.2) is 12.4 Å². The van der Waals surface area contributed by atoms with Crippen molar-refractivity contribution in [2.24, 2.45) is 0 Å². The minimum absolute atomic E-state index is 0.0573. The quantitative estimate of drug-likeness (QED) is 0.127. The monoisotopic (exact) mass is 619 g/mol. The van der Waals surface area contributed by atoms with E-state index < -0.39 is 12.0 Å². The van der Waals surface area contributed by atoms with Gasteiger partial charge < -0.3 is 19.7 Å². The summed E-state index contributed by atoms with van der Waals surface area (Å²) < 4.78 is 10.5. The second-order valence-electron chi connectivity index (χ2n) is 11.6. The van der Waals surface area contributed by atoms with E-state index in [0.29, 0.717) is 19.7 Å². The van der Waals surface area contributed by atoms with Gasteiger partial charge in [0, 0.05) is 26.4 Å². The van der Waals surface area contributed by atoms with Crippen LogP contribution in [0.1, 0.15) is 89.2 Å². The molecule has 1 unspecified atom stereocenters. The SMILES string of the molecule is CC1=C2C(=O)N2CO1.CCCCCCCCCC(=O)NC(CCC(=O)N(C)CCc1ccccc1)C(=O)OCc1ccccc1. The highest BCUT2D eigenvalue weighted by Crippen LogP contribution is 2.34. The first-order chi connectivity index (χ1) is 21.8. The Kier molecular flexibility index (Phi) is 15.1. The Balaban J connectivity index is 0.000000587. The number of amides is 3. The molecule has 2 aromatic rings. The summed E-state index contributed by atoms with van der Waals surface area (Å²) in [4.78, 5) is 52.0. The molecule has 9 heteroatoms. The number of rotatable bonds is 18. The second kappa shape index (κ2) is 19.3. The molecule has 45 heavy (non-hydrogen) atoms. The molecule has 1 atom stereocenters. The minimum atomic E-state index is -0.841. The topological polar surface area (TPSA) is 105 Å². The van der Waals surface area contributed by atoms with Crippen molar-refractivity contribution in [1.82, 2.24) is 15.1 Å². The summed E-state index contributed by atoms with van der Waals surface area (Å²) in [6.07, 6.45) is 9.36. The lowest BCUT2D eigenvalue weighted by molar-refractivity contribution is -0.149. The maximum atomic E-state index is 12.9. The van der Waals surface area contributed by atoms with E-state index in [-0.39, 0.29) is 37.2 Å². The summed E-state index contributed by atoms with van der Waals surface area (Å²) in [5.74, 6) is 0.179. The zero-order valence-corrected chi connectivity index (χ0v) is 27.1. The van der Waals surface area contributed by atoms with E-state index >= 15 is 0 Å². The summed E-state index contributed by atoms with van der Waals surface area (Å²) >= 11 is 0. The van der Waals surface area contributed by atoms with Gasteiger partial charge in [-0.05, 0) is 37.3 Å². The third-order valence-corrected chi connectivity index (χ3v) is 7.91. The van der Waals surface area contributed by atoms with Crippen LogP contribution in [0.4, 0.5) is 0 Å². The predicted molar refractivity (Wildman–Crippen MR) is 173 cm³/mol. The van der Waals surface area contributed by atoms with E-state index in [2.05, 4.69) is 12.2 Å². The third-order valence-electron chi connectivity index (χ3n) is 7.91. The molecule has 2 heterocycles. The highest BCUT2D eigenvalue weighted by molar-refractivity contribution is 6.10. The summed E-state index contributed by atoms with van der Waals surface area (Å²) in [6.45, 7) is 5.17. The first-order valence-electron chi connectivity index (χ1n) is 16.2. The van der Waals surface area contributed by atoms with Gasteiger partial charge in [-0.15, -0.1) is 0 Å². The summed E-state index contributed by atoms with van der Waals surface area (Å²) in [6, 6.07) is 18.6. The fourth-order valence-corrected chi connectivity index (χ4v) is 4.99. The molecule has 0 spiro atoms. The van der Waals surface area contributed by atoms with Crippen molar-refractivity contribution in [1.29, 1.82) is 0 Å². The molecule has 0 bridgehead atoms. The lowest BCUT2D eigenvalue weighted by Crippen LogP contribution is -2.42. The average molecular weight is 620 g/mol. The van der Waals surface area contributed by atoms with E-state index in [0.717, 1.165) is 42.7 Å². The maximum absolute atomic E-state index is 12.9. The van der Waals surface area contributed by atoms with Crippen LogP contribution in [0, 0.1) is 0 Å². The van der Waals surface area contributed by atoms with Gasteiger partial charge in [0.05, 0.1) is 0 Å².